The number of likely N-dealkylation sites (N-methyl/N-ethyl adjacent to an activating group) is 1. The average molecular weight is 568 g/mol. The highest BCUT2D eigenvalue weighted by Crippen LogP contribution is 2.34. The Morgan fingerprint density at radius 1 is 1.21 bits per heavy atom. The standard InChI is InChI=1S/C26H34FN3O6S2/c1-19-16-30(20(2)18-31)38(34,35)26-12-11-21(8-7-13-28(3)4)14-24(26)36-25(19)17-29(5)37(32,33)23-10-6-9-22(27)15-23/h6,9-12,14-15,19-20,25,31H,13,16-18H2,1-5H3/t19-,20-,25+/m1/s1. The molecule has 1 aliphatic heterocycles. The lowest BCUT2D eigenvalue weighted by Gasteiger charge is -2.37. The van der Waals surface area contributed by atoms with Crippen LogP contribution in [0.4, 0.5) is 4.39 Å². The Labute approximate surface area is 224 Å². The molecule has 2 aromatic carbocycles. The first-order chi connectivity index (χ1) is 17.8. The topological polar surface area (TPSA) is 107 Å². The Bertz CT molecular complexity index is 1420. The van der Waals surface area contributed by atoms with Crippen LogP contribution in [0, 0.1) is 23.6 Å². The minimum atomic E-state index is -4.05. The van der Waals surface area contributed by atoms with Crippen LogP contribution < -0.4 is 4.74 Å². The minimum absolute atomic E-state index is 0.00753. The first-order valence-electron chi connectivity index (χ1n) is 12.1. The quantitative estimate of drug-likeness (QED) is 0.509. The third-order valence-electron chi connectivity index (χ3n) is 6.24. The van der Waals surface area contributed by atoms with E-state index in [0.29, 0.717) is 12.1 Å². The van der Waals surface area contributed by atoms with E-state index < -0.39 is 50.5 Å². The molecule has 1 heterocycles. The Morgan fingerprint density at radius 2 is 1.92 bits per heavy atom. The summed E-state index contributed by atoms with van der Waals surface area (Å²) in [6, 6.07) is 8.55. The van der Waals surface area contributed by atoms with Gasteiger partial charge in [-0.1, -0.05) is 24.8 Å². The fourth-order valence-electron chi connectivity index (χ4n) is 3.98. The predicted octanol–water partition coefficient (Wildman–Crippen LogP) is 1.83. The molecule has 3 rings (SSSR count). The summed E-state index contributed by atoms with van der Waals surface area (Å²) in [4.78, 5) is 1.60. The third-order valence-corrected chi connectivity index (χ3v) is 10.1. The van der Waals surface area contributed by atoms with Crippen LogP contribution in [0.1, 0.15) is 19.4 Å². The Kier molecular flexibility index (Phi) is 9.57. The van der Waals surface area contributed by atoms with E-state index >= 15 is 0 Å². The summed E-state index contributed by atoms with van der Waals surface area (Å²) in [7, 11) is -2.98. The van der Waals surface area contributed by atoms with Crippen molar-refractivity contribution in [2.75, 3.05) is 47.4 Å². The molecule has 0 unspecified atom stereocenters. The predicted molar refractivity (Wildman–Crippen MR) is 142 cm³/mol. The first-order valence-corrected chi connectivity index (χ1v) is 14.9. The Morgan fingerprint density at radius 3 is 2.55 bits per heavy atom. The van der Waals surface area contributed by atoms with Crippen LogP contribution in [-0.2, 0) is 20.0 Å². The van der Waals surface area contributed by atoms with Gasteiger partial charge >= 0.3 is 0 Å². The van der Waals surface area contributed by atoms with Crippen LogP contribution >= 0.6 is 0 Å². The second-order valence-electron chi connectivity index (χ2n) is 9.68. The van der Waals surface area contributed by atoms with Crippen molar-refractivity contribution in [1.82, 2.24) is 13.5 Å². The van der Waals surface area contributed by atoms with Crippen molar-refractivity contribution in [3.63, 3.8) is 0 Å². The molecule has 12 heteroatoms. The summed E-state index contributed by atoms with van der Waals surface area (Å²) in [5.41, 5.74) is 0.537. The number of aliphatic hydroxyl groups excluding tert-OH is 1. The van der Waals surface area contributed by atoms with E-state index in [-0.39, 0.29) is 28.6 Å². The number of hydrogen-bond acceptors (Lipinski definition) is 7. The molecule has 0 saturated carbocycles. The van der Waals surface area contributed by atoms with Gasteiger partial charge in [-0.3, -0.25) is 4.90 Å². The second kappa shape index (κ2) is 12.1. The maximum atomic E-state index is 13.7. The molecule has 0 fully saturated rings. The van der Waals surface area contributed by atoms with Crippen molar-refractivity contribution in [3.8, 4) is 17.6 Å². The minimum Gasteiger partial charge on any atom is -0.487 e. The molecule has 1 aliphatic rings. The van der Waals surface area contributed by atoms with Gasteiger partial charge in [0.15, 0.2) is 0 Å². The Balaban J connectivity index is 2.05. The molecule has 0 aromatic heterocycles. The first kappa shape index (κ1) is 30.0. The fourth-order valence-corrected chi connectivity index (χ4v) is 7.02. The maximum absolute atomic E-state index is 13.7. The monoisotopic (exact) mass is 567 g/mol. The van der Waals surface area contributed by atoms with E-state index in [1.165, 1.54) is 35.6 Å². The number of rotatable bonds is 7. The van der Waals surface area contributed by atoms with Crippen molar-refractivity contribution in [3.05, 3.63) is 53.8 Å². The van der Waals surface area contributed by atoms with Crippen molar-refractivity contribution in [2.45, 2.75) is 35.8 Å². The molecule has 0 amide bonds. The van der Waals surface area contributed by atoms with Gasteiger partial charge in [-0.15, -0.1) is 0 Å². The van der Waals surface area contributed by atoms with Gasteiger partial charge in [0.1, 0.15) is 22.6 Å². The highest BCUT2D eigenvalue weighted by Gasteiger charge is 2.39. The summed E-state index contributed by atoms with van der Waals surface area (Å²) in [6.07, 6.45) is -0.768. The molecule has 0 radical (unpaired) electrons. The van der Waals surface area contributed by atoms with Crippen LogP contribution in [0.5, 0.6) is 5.75 Å². The number of fused-ring (bicyclic) bond motifs is 1. The maximum Gasteiger partial charge on any atom is 0.247 e. The van der Waals surface area contributed by atoms with Crippen LogP contribution in [0.2, 0.25) is 0 Å². The number of hydrogen-bond donors (Lipinski definition) is 1. The van der Waals surface area contributed by atoms with Gasteiger partial charge in [0.2, 0.25) is 20.0 Å². The van der Waals surface area contributed by atoms with E-state index in [1.54, 1.807) is 19.9 Å². The Hall–Kier alpha value is -2.53. The van der Waals surface area contributed by atoms with E-state index in [0.717, 1.165) is 16.4 Å². The lowest BCUT2D eigenvalue weighted by Crippen LogP contribution is -2.50. The third kappa shape index (κ3) is 6.72. The average Bonchev–Trinajstić information content (AvgIpc) is 2.85. The molecular weight excluding hydrogens is 533 g/mol. The van der Waals surface area contributed by atoms with Crippen LogP contribution in [0.15, 0.2) is 52.3 Å². The molecule has 0 spiro atoms. The van der Waals surface area contributed by atoms with Crippen LogP contribution in [0.25, 0.3) is 0 Å². The van der Waals surface area contributed by atoms with Crippen molar-refractivity contribution in [2.24, 2.45) is 5.92 Å². The molecule has 0 saturated heterocycles. The highest BCUT2D eigenvalue weighted by atomic mass is 32.2. The van der Waals surface area contributed by atoms with Gasteiger partial charge in [-0.05, 0) is 57.4 Å². The van der Waals surface area contributed by atoms with Gasteiger partial charge in [0, 0.05) is 31.1 Å². The smallest absolute Gasteiger partial charge is 0.247 e. The number of halogens is 1. The number of ether oxygens (including phenoxy) is 1. The van der Waals surface area contributed by atoms with Gasteiger partial charge in [-0.25, -0.2) is 21.2 Å². The summed E-state index contributed by atoms with van der Waals surface area (Å²) >= 11 is 0. The molecule has 1 N–H and O–H groups in total. The molecule has 38 heavy (non-hydrogen) atoms. The van der Waals surface area contributed by atoms with Crippen molar-refractivity contribution < 1.29 is 31.1 Å². The molecule has 9 nitrogen and oxygen atoms in total. The zero-order valence-electron chi connectivity index (χ0n) is 22.1. The lowest BCUT2D eigenvalue weighted by atomic mass is 10.0. The van der Waals surface area contributed by atoms with Crippen LogP contribution in [0.3, 0.4) is 0 Å². The molecule has 3 atom stereocenters. The van der Waals surface area contributed by atoms with E-state index in [4.69, 9.17) is 4.74 Å². The van der Waals surface area contributed by atoms with Gasteiger partial charge in [0.05, 0.1) is 24.6 Å². The molecule has 2 aromatic rings. The SMILES string of the molecule is C[C@@H]1CN([C@H](C)CO)S(=O)(=O)c2ccc(C#CCN(C)C)cc2O[C@H]1CN(C)S(=O)(=O)c1cccc(F)c1. The number of aliphatic hydroxyl groups is 1. The second-order valence-corrected chi connectivity index (χ2v) is 13.6. The molecule has 0 aliphatic carbocycles. The van der Waals surface area contributed by atoms with Gasteiger partial charge in [-0.2, -0.15) is 8.61 Å². The summed E-state index contributed by atoms with van der Waals surface area (Å²) in [5.74, 6) is 4.89. The summed E-state index contributed by atoms with van der Waals surface area (Å²) in [6.45, 7) is 3.33. The highest BCUT2D eigenvalue weighted by molar-refractivity contribution is 7.89. The van der Waals surface area contributed by atoms with Gasteiger partial charge < -0.3 is 9.84 Å². The fraction of sp³-hybridized carbons (Fsp3) is 0.462. The largest absolute Gasteiger partial charge is 0.487 e. The normalized spacial score (nSPS) is 20.6. The zero-order chi connectivity index (χ0) is 28.3. The molecule has 208 valence electrons. The number of sulfonamides is 2. The van der Waals surface area contributed by atoms with Crippen molar-refractivity contribution >= 4 is 20.0 Å². The van der Waals surface area contributed by atoms with Crippen molar-refractivity contribution in [1.29, 1.82) is 0 Å². The molecule has 0 bridgehead atoms. The summed E-state index contributed by atoms with van der Waals surface area (Å²) < 4.78 is 75.7. The van der Waals surface area contributed by atoms with Gasteiger partial charge in [0.25, 0.3) is 0 Å². The number of benzene rings is 2. The van der Waals surface area contributed by atoms with E-state index in [1.807, 2.05) is 19.0 Å². The zero-order valence-corrected chi connectivity index (χ0v) is 23.8. The molecular formula is C26H34FN3O6S2. The lowest BCUT2D eigenvalue weighted by molar-refractivity contribution is 0.0904. The van der Waals surface area contributed by atoms with E-state index in [9.17, 15) is 26.3 Å². The summed E-state index contributed by atoms with van der Waals surface area (Å²) in [5, 5.41) is 9.79. The van der Waals surface area contributed by atoms with Crippen LogP contribution in [-0.4, -0.2) is 95.0 Å². The van der Waals surface area contributed by atoms with E-state index in [2.05, 4.69) is 11.8 Å². The number of nitrogens with zero attached hydrogens (tertiary/aromatic N) is 3.